The molecule has 2 rings (SSSR count). The molecule has 2 aromatic carbocycles. The van der Waals surface area contributed by atoms with Crippen LogP contribution in [0.4, 0.5) is 0 Å². The Hall–Kier alpha value is -3.61. The number of hydrogen-bond acceptors (Lipinski definition) is 5. The maximum atomic E-state index is 12.2. The summed E-state index contributed by atoms with van der Waals surface area (Å²) in [6.07, 6.45) is 1.66. The Morgan fingerprint density at radius 3 is 2.18 bits per heavy atom. The van der Waals surface area contributed by atoms with Gasteiger partial charge in [0.25, 0.3) is 5.91 Å². The van der Waals surface area contributed by atoms with Gasteiger partial charge in [0.15, 0.2) is 6.61 Å². The Balaban J connectivity index is 1.92. The van der Waals surface area contributed by atoms with Gasteiger partial charge in [-0.25, -0.2) is 4.79 Å². The second-order valence-electron chi connectivity index (χ2n) is 5.86. The molecule has 0 saturated heterocycles. The maximum Gasteiger partial charge on any atom is 0.343 e. The van der Waals surface area contributed by atoms with E-state index in [1.165, 1.54) is 0 Å². The van der Waals surface area contributed by atoms with Gasteiger partial charge >= 0.3 is 5.97 Å². The molecule has 0 unspecified atom stereocenters. The van der Waals surface area contributed by atoms with Gasteiger partial charge in [-0.15, -0.1) is 6.58 Å². The average Bonchev–Trinajstić information content (AvgIpc) is 2.71. The lowest BCUT2D eigenvalue weighted by Crippen LogP contribution is -2.34. The van der Waals surface area contributed by atoms with E-state index >= 15 is 0 Å². The molecule has 0 aliphatic heterocycles. The summed E-state index contributed by atoms with van der Waals surface area (Å²) in [6.45, 7) is 6.46. The molecule has 0 atom stereocenters. The van der Waals surface area contributed by atoms with Gasteiger partial charge in [-0.1, -0.05) is 6.08 Å². The van der Waals surface area contributed by atoms with Crippen molar-refractivity contribution in [3.8, 4) is 11.5 Å². The van der Waals surface area contributed by atoms with Gasteiger partial charge in [0.05, 0.1) is 5.56 Å². The molecule has 7 heteroatoms. The summed E-state index contributed by atoms with van der Waals surface area (Å²) in [7, 11) is 0. The molecule has 0 aliphatic carbocycles. The second-order valence-corrected chi connectivity index (χ2v) is 5.86. The van der Waals surface area contributed by atoms with E-state index in [1.54, 1.807) is 59.5 Å². The summed E-state index contributed by atoms with van der Waals surface area (Å²) in [5.41, 5.74) is 6.28. The van der Waals surface area contributed by atoms with Crippen molar-refractivity contribution in [2.45, 2.75) is 6.92 Å². The number of nitrogens with zero attached hydrogens (tertiary/aromatic N) is 1. The summed E-state index contributed by atoms with van der Waals surface area (Å²) < 4.78 is 10.8. The number of ether oxygens (including phenoxy) is 2. The molecule has 1 amide bonds. The molecular formula is C21H23N3O4. The maximum absolute atomic E-state index is 12.2. The Bertz CT molecular complexity index is 845. The minimum atomic E-state index is -0.527. The number of rotatable bonds is 9. The highest BCUT2D eigenvalue weighted by Gasteiger charge is 2.12. The first kappa shape index (κ1) is 20.7. The number of carbonyl (C=O) groups excluding carboxylic acids is 2. The van der Waals surface area contributed by atoms with Gasteiger partial charge in [-0.2, -0.15) is 0 Å². The van der Waals surface area contributed by atoms with Gasteiger partial charge in [-0.05, 0) is 55.5 Å². The zero-order chi connectivity index (χ0) is 20.5. The highest BCUT2D eigenvalue weighted by Crippen LogP contribution is 2.17. The highest BCUT2D eigenvalue weighted by atomic mass is 16.5. The molecule has 3 N–H and O–H groups in total. The summed E-state index contributed by atoms with van der Waals surface area (Å²) in [6, 6.07) is 12.7. The van der Waals surface area contributed by atoms with E-state index in [9.17, 15) is 9.59 Å². The second kappa shape index (κ2) is 9.91. The third kappa shape index (κ3) is 5.70. The fraction of sp³-hybridized carbons (Fsp3) is 0.190. The summed E-state index contributed by atoms with van der Waals surface area (Å²) >= 11 is 0. The largest absolute Gasteiger partial charge is 0.484 e. The van der Waals surface area contributed by atoms with Crippen molar-refractivity contribution >= 4 is 17.7 Å². The van der Waals surface area contributed by atoms with Gasteiger partial charge in [0.2, 0.25) is 0 Å². The number of esters is 1. The minimum absolute atomic E-state index is 0.0569. The van der Waals surface area contributed by atoms with Crippen LogP contribution in [0.5, 0.6) is 11.5 Å². The molecule has 146 valence electrons. The van der Waals surface area contributed by atoms with Crippen molar-refractivity contribution in [3.05, 3.63) is 72.3 Å². The Labute approximate surface area is 163 Å². The van der Waals surface area contributed by atoms with Crippen molar-refractivity contribution < 1.29 is 19.1 Å². The molecule has 28 heavy (non-hydrogen) atoms. The number of carbonyl (C=O) groups is 2. The smallest absolute Gasteiger partial charge is 0.343 e. The predicted octanol–water partition coefficient (Wildman–Crippen LogP) is 2.60. The third-order valence-corrected chi connectivity index (χ3v) is 3.91. The summed E-state index contributed by atoms with van der Waals surface area (Å²) in [4.78, 5) is 25.9. The number of amidine groups is 1. The lowest BCUT2D eigenvalue weighted by molar-refractivity contribution is -0.132. The van der Waals surface area contributed by atoms with E-state index in [4.69, 9.17) is 20.6 Å². The van der Waals surface area contributed by atoms with Crippen LogP contribution in [0.1, 0.15) is 22.8 Å². The average molecular weight is 381 g/mol. The zero-order valence-corrected chi connectivity index (χ0v) is 15.7. The molecule has 0 spiro atoms. The SMILES string of the molecule is C=CCN(CC)C(=O)COc1ccc(C(=O)Oc2ccc(C(=N)N)cc2)cc1. The van der Waals surface area contributed by atoms with Crippen molar-refractivity contribution in [1.29, 1.82) is 5.41 Å². The number of nitrogens with two attached hydrogens (primary N) is 1. The minimum Gasteiger partial charge on any atom is -0.484 e. The monoisotopic (exact) mass is 381 g/mol. The van der Waals surface area contributed by atoms with Gasteiger partial charge in [0, 0.05) is 18.7 Å². The van der Waals surface area contributed by atoms with E-state index in [0.717, 1.165) is 0 Å². The van der Waals surface area contributed by atoms with Crippen molar-refractivity contribution in [3.63, 3.8) is 0 Å². The molecule has 7 nitrogen and oxygen atoms in total. The molecule has 0 saturated carbocycles. The van der Waals surface area contributed by atoms with E-state index < -0.39 is 5.97 Å². The van der Waals surface area contributed by atoms with Crippen molar-refractivity contribution in [2.24, 2.45) is 5.73 Å². The third-order valence-electron chi connectivity index (χ3n) is 3.91. The van der Waals surface area contributed by atoms with Crippen LogP contribution in [0.15, 0.2) is 61.2 Å². The summed E-state index contributed by atoms with van der Waals surface area (Å²) in [5.74, 6) is 0.105. The summed E-state index contributed by atoms with van der Waals surface area (Å²) in [5, 5.41) is 7.35. The first-order chi connectivity index (χ1) is 13.4. The topological polar surface area (TPSA) is 106 Å². The normalized spacial score (nSPS) is 10.0. The molecule has 0 bridgehead atoms. The molecule has 0 fully saturated rings. The standard InChI is InChI=1S/C21H23N3O4/c1-3-13-24(4-2)19(25)14-27-17-9-7-16(8-10-17)21(26)28-18-11-5-15(6-12-18)20(22)23/h3,5-12H,1,4,13-14H2,2H3,(H3,22,23). The molecule has 0 aromatic heterocycles. The number of nitrogens with one attached hydrogen (secondary N) is 1. The van der Waals surface area contributed by atoms with Crippen molar-refractivity contribution in [1.82, 2.24) is 4.90 Å². The van der Waals surface area contributed by atoms with Crippen molar-refractivity contribution in [2.75, 3.05) is 19.7 Å². The van der Waals surface area contributed by atoms with Crippen LogP contribution in [-0.4, -0.2) is 42.3 Å². The first-order valence-corrected chi connectivity index (χ1v) is 8.72. The molecule has 0 radical (unpaired) electrons. The van der Waals surface area contributed by atoms with E-state index in [1.807, 2.05) is 6.92 Å². The first-order valence-electron chi connectivity index (χ1n) is 8.72. The van der Waals surface area contributed by atoms with Crippen LogP contribution in [0, 0.1) is 5.41 Å². The fourth-order valence-corrected chi connectivity index (χ4v) is 2.36. The Kier molecular flexibility index (Phi) is 7.33. The van der Waals surface area contributed by atoms with E-state index in [0.29, 0.717) is 35.7 Å². The van der Waals surface area contributed by atoms with E-state index in [-0.39, 0.29) is 18.3 Å². The quantitative estimate of drug-likeness (QED) is 0.228. The molecule has 0 aliphatic rings. The number of amides is 1. The number of benzene rings is 2. The Morgan fingerprint density at radius 1 is 1.07 bits per heavy atom. The number of hydrogen-bond donors (Lipinski definition) is 2. The number of nitrogen functional groups attached to an aromatic ring is 1. The lowest BCUT2D eigenvalue weighted by atomic mass is 10.2. The van der Waals surface area contributed by atoms with E-state index in [2.05, 4.69) is 6.58 Å². The van der Waals surface area contributed by atoms with Crippen LogP contribution in [0.3, 0.4) is 0 Å². The molecule has 0 heterocycles. The van der Waals surface area contributed by atoms with Gasteiger partial charge in [0.1, 0.15) is 17.3 Å². The van der Waals surface area contributed by atoms with Gasteiger partial charge < -0.3 is 20.1 Å². The lowest BCUT2D eigenvalue weighted by Gasteiger charge is -2.19. The van der Waals surface area contributed by atoms with Crippen LogP contribution >= 0.6 is 0 Å². The van der Waals surface area contributed by atoms with Crippen LogP contribution in [-0.2, 0) is 4.79 Å². The highest BCUT2D eigenvalue weighted by molar-refractivity contribution is 5.95. The van der Waals surface area contributed by atoms with Crippen LogP contribution in [0.2, 0.25) is 0 Å². The Morgan fingerprint density at radius 2 is 1.64 bits per heavy atom. The van der Waals surface area contributed by atoms with Crippen LogP contribution < -0.4 is 15.2 Å². The number of likely N-dealkylation sites (N-methyl/N-ethyl adjacent to an activating group) is 1. The fourth-order valence-electron chi connectivity index (χ4n) is 2.36. The predicted molar refractivity (Wildman–Crippen MR) is 107 cm³/mol. The molecule has 2 aromatic rings. The van der Waals surface area contributed by atoms with Crippen LogP contribution in [0.25, 0.3) is 0 Å². The zero-order valence-electron chi connectivity index (χ0n) is 15.7. The van der Waals surface area contributed by atoms with Gasteiger partial charge in [-0.3, -0.25) is 10.2 Å². The molecular weight excluding hydrogens is 358 g/mol.